The zero-order valence-electron chi connectivity index (χ0n) is 45.7. The molecule has 0 aromatic heterocycles. The molecule has 23 heteroatoms. The third-order valence-corrected chi connectivity index (χ3v) is 11.3. The van der Waals surface area contributed by atoms with Crippen molar-refractivity contribution in [1.29, 1.82) is 0 Å². The summed E-state index contributed by atoms with van der Waals surface area (Å²) in [7, 11) is 0. The number of esters is 11. The summed E-state index contributed by atoms with van der Waals surface area (Å²) < 4.78 is 62.6. The number of Topliss-reactive ketones (excluding diaryl/α,β-unsaturated/α-hetero) is 1. The molecule has 0 amide bonds. The Morgan fingerprint density at radius 3 is 0.821 bits per heavy atom. The number of carbonyl (C=O) groups is 12. The fraction of sp³-hybridized carbons (Fsp3) is 0.213. The molecule has 84 heavy (non-hydrogen) atoms. The van der Waals surface area contributed by atoms with Crippen LogP contribution in [0.25, 0.3) is 0 Å². The highest BCUT2D eigenvalue weighted by Gasteiger charge is 2.47. The van der Waals surface area contributed by atoms with E-state index < -0.39 is 137 Å². The van der Waals surface area contributed by atoms with E-state index in [2.05, 4.69) is 0 Å². The van der Waals surface area contributed by atoms with Crippen molar-refractivity contribution in [2.75, 3.05) is 13.2 Å². The predicted molar refractivity (Wildman–Crippen MR) is 287 cm³/mol. The Balaban J connectivity index is 1.66. The van der Waals surface area contributed by atoms with Gasteiger partial charge in [-0.15, -0.1) is 0 Å². The van der Waals surface area contributed by atoms with Gasteiger partial charge in [0, 0.05) is 41.0 Å². The summed E-state index contributed by atoms with van der Waals surface area (Å²) in [5.41, 5.74) is -2.46. The van der Waals surface area contributed by atoms with Gasteiger partial charge in [-0.25, -0.2) is 28.8 Å². The van der Waals surface area contributed by atoms with Gasteiger partial charge in [0.25, 0.3) is 0 Å². The second-order valence-electron chi connectivity index (χ2n) is 17.8. The molecule has 0 saturated heterocycles. The van der Waals surface area contributed by atoms with Gasteiger partial charge < -0.3 is 52.1 Å². The highest BCUT2D eigenvalue weighted by Crippen LogP contribution is 2.31. The first-order valence-electron chi connectivity index (χ1n) is 25.2. The Morgan fingerprint density at radius 2 is 0.536 bits per heavy atom. The van der Waals surface area contributed by atoms with Gasteiger partial charge in [-0.2, -0.15) is 0 Å². The summed E-state index contributed by atoms with van der Waals surface area (Å²) in [5, 5.41) is 0. The van der Waals surface area contributed by atoms with Crippen LogP contribution < -0.4 is 23.7 Å². The van der Waals surface area contributed by atoms with Gasteiger partial charge in [0.15, 0.2) is 24.4 Å². The van der Waals surface area contributed by atoms with Crippen molar-refractivity contribution in [1.82, 2.24) is 0 Å². The number of rotatable bonds is 24. The Labute approximate surface area is 478 Å². The molecule has 0 aliphatic heterocycles. The summed E-state index contributed by atoms with van der Waals surface area (Å²) in [6.07, 6.45) is -10.1. The topological polar surface area (TPSA) is 306 Å². The lowest BCUT2D eigenvalue weighted by atomic mass is 10.0. The lowest BCUT2D eigenvalue weighted by molar-refractivity contribution is -0.139. The van der Waals surface area contributed by atoms with Gasteiger partial charge in [-0.3, -0.25) is 28.8 Å². The smallest absolute Gasteiger partial charge is 0.342 e. The molecule has 0 spiro atoms. The molecule has 0 N–H and O–H groups in total. The molecule has 0 radical (unpaired) electrons. The maximum atomic E-state index is 15.0. The van der Waals surface area contributed by atoms with Crippen LogP contribution in [-0.4, -0.2) is 109 Å². The Kier molecular flexibility index (Phi) is 22.0. The lowest BCUT2D eigenvalue weighted by Crippen LogP contribution is -2.55. The highest BCUT2D eigenvalue weighted by atomic mass is 16.7. The second-order valence-corrected chi connectivity index (χ2v) is 17.8. The van der Waals surface area contributed by atoms with E-state index in [1.54, 1.807) is 0 Å². The SMILES string of the molecule is CC(=O)Cc1ccccc1C(=O)OC(COC(=O)c1ccccc1OC(C)=O)C(OC(=O)c1ccccc1OC(C)=O)C(OC(=O)c1ccccc1OC(C)=O)C(COC(=O)c1ccccc1OC(C)=O)OC(=O)c1ccccc1OC(C)=O. The highest BCUT2D eigenvalue weighted by molar-refractivity contribution is 5.98. The van der Waals surface area contributed by atoms with Gasteiger partial charge in [0.1, 0.15) is 75.6 Å². The van der Waals surface area contributed by atoms with E-state index in [-0.39, 0.29) is 45.9 Å². The standard InChI is InChI=1S/C61H52O23/c1-34(62)31-40-19-7-8-20-41(40)58(70)81-52(32-74-56(68)42-21-9-14-26-47(42)76-35(2)63)54(83-60(72)45-24-12-17-29-50(45)79-38(5)66)55(84-61(73)46-25-13-18-30-51(46)80-39(6)67)53(82-59(71)44-23-11-16-28-49(44)78-37(4)65)33-75-57(69)43-22-10-15-27-48(43)77-36(3)64/h7-30,52-55H,31-33H2,1-6H3. The lowest BCUT2D eigenvalue weighted by Gasteiger charge is -2.36. The van der Waals surface area contributed by atoms with Gasteiger partial charge >= 0.3 is 65.7 Å². The van der Waals surface area contributed by atoms with E-state index in [1.165, 1.54) is 134 Å². The zero-order valence-corrected chi connectivity index (χ0v) is 45.7. The van der Waals surface area contributed by atoms with Crippen molar-refractivity contribution < 1.29 is 110 Å². The minimum absolute atomic E-state index is 0.106. The Bertz CT molecular complexity index is 3280. The summed E-state index contributed by atoms with van der Waals surface area (Å²) in [5.74, 6) is -14.9. The average molecular weight is 1150 g/mol. The number of hydrogen-bond donors (Lipinski definition) is 0. The largest absolute Gasteiger partial charge is 0.458 e. The number of ether oxygens (including phenoxy) is 11. The Morgan fingerprint density at radius 1 is 0.298 bits per heavy atom. The molecule has 0 saturated carbocycles. The maximum Gasteiger partial charge on any atom is 0.342 e. The van der Waals surface area contributed by atoms with E-state index in [0.717, 1.165) is 52.8 Å². The van der Waals surface area contributed by atoms with Crippen molar-refractivity contribution >= 4 is 71.4 Å². The number of hydrogen-bond acceptors (Lipinski definition) is 23. The summed E-state index contributed by atoms with van der Waals surface area (Å²) in [6, 6.07) is 31.2. The van der Waals surface area contributed by atoms with Crippen molar-refractivity contribution in [3.63, 3.8) is 0 Å². The third kappa shape index (κ3) is 17.6. The van der Waals surface area contributed by atoms with Crippen LogP contribution in [0, 0.1) is 0 Å². The van der Waals surface area contributed by atoms with Crippen LogP contribution in [0.15, 0.2) is 146 Å². The van der Waals surface area contributed by atoms with Crippen LogP contribution in [0.5, 0.6) is 28.7 Å². The molecule has 6 aromatic rings. The summed E-state index contributed by atoms with van der Waals surface area (Å²) >= 11 is 0. The van der Waals surface area contributed by atoms with Gasteiger partial charge in [-0.05, 0) is 79.2 Å². The molecule has 0 heterocycles. The first-order chi connectivity index (χ1) is 40.1. The molecule has 4 unspecified atom stereocenters. The van der Waals surface area contributed by atoms with Crippen molar-refractivity contribution in [2.24, 2.45) is 0 Å². The van der Waals surface area contributed by atoms with Gasteiger partial charge in [0.2, 0.25) is 0 Å². The van der Waals surface area contributed by atoms with E-state index in [1.807, 2.05) is 0 Å². The van der Waals surface area contributed by atoms with Crippen LogP contribution in [-0.2, 0) is 63.6 Å². The molecule has 434 valence electrons. The third-order valence-electron chi connectivity index (χ3n) is 11.3. The number of benzene rings is 6. The molecular formula is C61H52O23. The molecule has 23 nitrogen and oxygen atoms in total. The minimum Gasteiger partial charge on any atom is -0.458 e. The maximum absolute atomic E-state index is 15.0. The molecule has 0 bridgehead atoms. The zero-order chi connectivity index (χ0) is 61.0. The molecule has 0 aliphatic rings. The molecule has 6 aromatic carbocycles. The monoisotopic (exact) mass is 1150 g/mol. The molecule has 0 fully saturated rings. The van der Waals surface area contributed by atoms with Gasteiger partial charge in [-0.1, -0.05) is 78.9 Å². The minimum atomic E-state index is -2.54. The van der Waals surface area contributed by atoms with Crippen LogP contribution in [0.3, 0.4) is 0 Å². The van der Waals surface area contributed by atoms with Crippen LogP contribution in [0.2, 0.25) is 0 Å². The fourth-order valence-corrected chi connectivity index (χ4v) is 7.89. The molecule has 0 aliphatic carbocycles. The molecule has 6 rings (SSSR count). The van der Waals surface area contributed by atoms with Crippen molar-refractivity contribution in [3.8, 4) is 28.7 Å². The summed E-state index contributed by atoms with van der Waals surface area (Å²) in [4.78, 5) is 162. The van der Waals surface area contributed by atoms with Gasteiger partial charge in [0.05, 0.1) is 5.56 Å². The van der Waals surface area contributed by atoms with E-state index in [4.69, 9.17) is 52.1 Å². The fourth-order valence-electron chi connectivity index (χ4n) is 7.89. The number of para-hydroxylation sites is 5. The van der Waals surface area contributed by atoms with E-state index in [0.29, 0.717) is 0 Å². The van der Waals surface area contributed by atoms with Crippen molar-refractivity contribution in [2.45, 2.75) is 72.4 Å². The van der Waals surface area contributed by atoms with Crippen LogP contribution in [0.1, 0.15) is 109 Å². The number of ketones is 1. The summed E-state index contributed by atoms with van der Waals surface area (Å²) in [6.45, 7) is 3.93. The predicted octanol–water partition coefficient (Wildman–Crippen LogP) is 7.36. The average Bonchev–Trinajstić information content (AvgIpc) is 3.00. The van der Waals surface area contributed by atoms with Crippen molar-refractivity contribution in [3.05, 3.63) is 185 Å². The quantitative estimate of drug-likeness (QED) is 0.0324. The first-order valence-corrected chi connectivity index (χ1v) is 25.2. The molecular weight excluding hydrogens is 1100 g/mol. The first kappa shape index (κ1) is 62.4. The van der Waals surface area contributed by atoms with E-state index in [9.17, 15) is 57.5 Å². The normalized spacial score (nSPS) is 12.0. The number of carbonyl (C=O) groups excluding carboxylic acids is 12. The van der Waals surface area contributed by atoms with E-state index >= 15 is 0 Å². The molecule has 4 atom stereocenters. The Hall–Kier alpha value is -10.8. The van der Waals surface area contributed by atoms with Crippen LogP contribution >= 0.6 is 0 Å². The second kappa shape index (κ2) is 29.6. The van der Waals surface area contributed by atoms with Crippen LogP contribution in [0.4, 0.5) is 0 Å².